The topological polar surface area (TPSA) is 73.9 Å². The van der Waals surface area contributed by atoms with Gasteiger partial charge in [0.15, 0.2) is 0 Å². The van der Waals surface area contributed by atoms with E-state index in [4.69, 9.17) is 14.2 Å². The lowest BCUT2D eigenvalue weighted by Gasteiger charge is -2.19. The first-order chi connectivity index (χ1) is 14.3. The standard InChI is InChI=1S/C23H31NO5S/c1-23(2,3)29-22(25)24-15-8-9-16-27-19-13-10-14-20(21(19)30(4)26)28-17-18-11-6-5-7-12-18/h5-7,10-14H,8-9,15-17H2,1-4H3,(H,24,25). The molecule has 0 saturated carbocycles. The fourth-order valence-electron chi connectivity index (χ4n) is 2.66. The Kier molecular flexibility index (Phi) is 9.17. The summed E-state index contributed by atoms with van der Waals surface area (Å²) in [7, 11) is -1.26. The molecule has 0 bridgehead atoms. The van der Waals surface area contributed by atoms with Crippen LogP contribution in [0.25, 0.3) is 0 Å². The Morgan fingerprint density at radius 3 is 2.27 bits per heavy atom. The first-order valence-corrected chi connectivity index (χ1v) is 11.5. The maximum Gasteiger partial charge on any atom is 0.407 e. The van der Waals surface area contributed by atoms with Crippen LogP contribution in [0.1, 0.15) is 39.2 Å². The molecular weight excluding hydrogens is 402 g/mol. The van der Waals surface area contributed by atoms with Crippen LogP contribution < -0.4 is 14.8 Å². The van der Waals surface area contributed by atoms with Crippen molar-refractivity contribution in [1.82, 2.24) is 5.32 Å². The van der Waals surface area contributed by atoms with Gasteiger partial charge in [0.2, 0.25) is 0 Å². The Balaban J connectivity index is 1.84. The van der Waals surface area contributed by atoms with Gasteiger partial charge < -0.3 is 19.5 Å². The van der Waals surface area contributed by atoms with E-state index in [9.17, 15) is 9.00 Å². The summed E-state index contributed by atoms with van der Waals surface area (Å²) >= 11 is 0. The molecule has 2 aromatic carbocycles. The van der Waals surface area contributed by atoms with Crippen molar-refractivity contribution in [3.63, 3.8) is 0 Å². The second-order valence-corrected chi connectivity index (χ2v) is 9.11. The lowest BCUT2D eigenvalue weighted by Crippen LogP contribution is -2.33. The highest BCUT2D eigenvalue weighted by Gasteiger charge is 2.16. The van der Waals surface area contributed by atoms with E-state index in [1.165, 1.54) is 0 Å². The molecule has 0 aliphatic carbocycles. The van der Waals surface area contributed by atoms with Crippen LogP contribution >= 0.6 is 0 Å². The van der Waals surface area contributed by atoms with E-state index in [-0.39, 0.29) is 0 Å². The lowest BCUT2D eigenvalue weighted by molar-refractivity contribution is 0.0526. The highest BCUT2D eigenvalue weighted by atomic mass is 32.2. The maximum atomic E-state index is 12.3. The Labute approximate surface area is 181 Å². The quantitative estimate of drug-likeness (QED) is 0.551. The van der Waals surface area contributed by atoms with Gasteiger partial charge in [-0.2, -0.15) is 0 Å². The van der Waals surface area contributed by atoms with Crippen molar-refractivity contribution >= 4 is 16.9 Å². The molecule has 2 aromatic rings. The van der Waals surface area contributed by atoms with Crippen molar-refractivity contribution in [3.05, 3.63) is 54.1 Å². The van der Waals surface area contributed by atoms with Gasteiger partial charge in [0, 0.05) is 12.8 Å². The average molecular weight is 434 g/mol. The zero-order valence-electron chi connectivity index (χ0n) is 18.1. The highest BCUT2D eigenvalue weighted by molar-refractivity contribution is 7.84. The molecule has 0 heterocycles. The number of unbranched alkanes of at least 4 members (excludes halogenated alkanes) is 1. The molecular formula is C23H31NO5S. The number of hydrogen-bond acceptors (Lipinski definition) is 5. The Morgan fingerprint density at radius 1 is 0.967 bits per heavy atom. The molecule has 164 valence electrons. The number of nitrogens with one attached hydrogen (secondary N) is 1. The number of hydrogen-bond donors (Lipinski definition) is 1. The molecule has 6 nitrogen and oxygen atoms in total. The van der Waals surface area contributed by atoms with Crippen molar-refractivity contribution < 1.29 is 23.2 Å². The van der Waals surface area contributed by atoms with Gasteiger partial charge in [-0.25, -0.2) is 4.79 Å². The van der Waals surface area contributed by atoms with Crippen LogP contribution in [-0.4, -0.2) is 35.3 Å². The molecule has 7 heteroatoms. The molecule has 0 aliphatic rings. The minimum atomic E-state index is -1.26. The van der Waals surface area contributed by atoms with E-state index in [0.29, 0.717) is 36.2 Å². The Hall–Kier alpha value is -2.54. The summed E-state index contributed by atoms with van der Waals surface area (Å²) in [5.41, 5.74) is 0.529. The molecule has 0 radical (unpaired) electrons. The fourth-order valence-corrected chi connectivity index (χ4v) is 3.48. The first-order valence-electron chi connectivity index (χ1n) is 9.99. The van der Waals surface area contributed by atoms with Gasteiger partial charge in [-0.3, -0.25) is 4.21 Å². The van der Waals surface area contributed by atoms with Crippen molar-refractivity contribution in [1.29, 1.82) is 0 Å². The summed E-state index contributed by atoms with van der Waals surface area (Å²) in [5.74, 6) is 1.12. The van der Waals surface area contributed by atoms with E-state index in [1.807, 2.05) is 57.2 Å². The zero-order chi connectivity index (χ0) is 22.0. The van der Waals surface area contributed by atoms with Gasteiger partial charge in [0.25, 0.3) is 0 Å². The van der Waals surface area contributed by atoms with Gasteiger partial charge >= 0.3 is 6.09 Å². The molecule has 0 aliphatic heterocycles. The average Bonchev–Trinajstić information content (AvgIpc) is 2.68. The smallest absolute Gasteiger partial charge is 0.407 e. The second-order valence-electron chi connectivity index (χ2n) is 7.80. The monoisotopic (exact) mass is 433 g/mol. The summed E-state index contributed by atoms with van der Waals surface area (Å²) in [6.45, 7) is 6.83. The van der Waals surface area contributed by atoms with E-state index < -0.39 is 22.5 Å². The van der Waals surface area contributed by atoms with E-state index in [2.05, 4.69) is 5.32 Å². The number of amides is 1. The molecule has 1 unspecified atom stereocenters. The van der Waals surface area contributed by atoms with Crippen LogP contribution in [-0.2, 0) is 22.1 Å². The number of ether oxygens (including phenoxy) is 3. The second kappa shape index (κ2) is 11.6. The summed E-state index contributed by atoms with van der Waals surface area (Å²) < 4.78 is 29.3. The molecule has 2 rings (SSSR count). The number of rotatable bonds is 10. The van der Waals surface area contributed by atoms with Crippen molar-refractivity contribution in [3.8, 4) is 11.5 Å². The minimum absolute atomic E-state index is 0.394. The summed E-state index contributed by atoms with van der Waals surface area (Å²) in [4.78, 5) is 12.2. The molecule has 0 saturated heterocycles. The van der Waals surface area contributed by atoms with Crippen LogP contribution in [0.2, 0.25) is 0 Å². The molecule has 30 heavy (non-hydrogen) atoms. The predicted molar refractivity (Wildman–Crippen MR) is 119 cm³/mol. The third-order valence-corrected chi connectivity index (χ3v) is 4.94. The molecule has 1 N–H and O–H groups in total. The number of carbonyl (C=O) groups is 1. The van der Waals surface area contributed by atoms with Crippen LogP contribution in [0, 0.1) is 0 Å². The molecule has 1 amide bonds. The molecule has 0 fully saturated rings. The van der Waals surface area contributed by atoms with Gasteiger partial charge in [-0.15, -0.1) is 0 Å². The van der Waals surface area contributed by atoms with Crippen LogP contribution in [0.4, 0.5) is 4.79 Å². The lowest BCUT2D eigenvalue weighted by atomic mass is 10.2. The number of alkyl carbamates (subject to hydrolysis) is 1. The van der Waals surface area contributed by atoms with Gasteiger partial charge in [-0.05, 0) is 51.3 Å². The molecule has 0 aromatic heterocycles. The van der Waals surface area contributed by atoms with Crippen molar-refractivity contribution in [2.75, 3.05) is 19.4 Å². The molecule has 1 atom stereocenters. The van der Waals surface area contributed by atoms with Crippen molar-refractivity contribution in [2.24, 2.45) is 0 Å². The zero-order valence-corrected chi connectivity index (χ0v) is 18.9. The Morgan fingerprint density at radius 2 is 1.63 bits per heavy atom. The summed E-state index contributed by atoms with van der Waals surface area (Å²) in [5, 5.41) is 2.72. The minimum Gasteiger partial charge on any atom is -0.492 e. The van der Waals surface area contributed by atoms with Crippen molar-refractivity contribution in [2.45, 2.75) is 50.7 Å². The molecule has 0 spiro atoms. The highest BCUT2D eigenvalue weighted by Crippen LogP contribution is 2.32. The number of carbonyl (C=O) groups excluding carboxylic acids is 1. The SMILES string of the molecule is CS(=O)c1c(OCCCCNC(=O)OC(C)(C)C)cccc1OCc1ccccc1. The first kappa shape index (κ1) is 23.7. The third kappa shape index (κ3) is 8.45. The van der Waals surface area contributed by atoms with Crippen LogP contribution in [0.5, 0.6) is 11.5 Å². The fraction of sp³-hybridized carbons (Fsp3) is 0.435. The summed E-state index contributed by atoms with van der Waals surface area (Å²) in [6, 6.07) is 15.2. The van der Waals surface area contributed by atoms with Gasteiger partial charge in [0.1, 0.15) is 28.6 Å². The largest absolute Gasteiger partial charge is 0.492 e. The van der Waals surface area contributed by atoms with E-state index >= 15 is 0 Å². The predicted octanol–water partition coefficient (Wildman–Crippen LogP) is 4.69. The third-order valence-electron chi connectivity index (χ3n) is 3.96. The normalized spacial score (nSPS) is 12.1. The maximum absolute atomic E-state index is 12.3. The van der Waals surface area contributed by atoms with Gasteiger partial charge in [-0.1, -0.05) is 36.4 Å². The van der Waals surface area contributed by atoms with E-state index in [0.717, 1.165) is 18.4 Å². The van der Waals surface area contributed by atoms with Gasteiger partial charge in [0.05, 0.1) is 17.4 Å². The number of benzene rings is 2. The van der Waals surface area contributed by atoms with Crippen LogP contribution in [0.3, 0.4) is 0 Å². The Bertz CT molecular complexity index is 833. The van der Waals surface area contributed by atoms with Crippen LogP contribution in [0.15, 0.2) is 53.4 Å². The van der Waals surface area contributed by atoms with E-state index in [1.54, 1.807) is 18.4 Å². The summed E-state index contributed by atoms with van der Waals surface area (Å²) in [6.07, 6.45) is 2.67.